The minimum atomic E-state index is -0.389. The highest BCUT2D eigenvalue weighted by atomic mass is 16.6. The predicted molar refractivity (Wildman–Crippen MR) is 53.0 cm³/mol. The van der Waals surface area contributed by atoms with Crippen molar-refractivity contribution < 1.29 is 9.66 Å². The highest BCUT2D eigenvalue weighted by molar-refractivity contribution is 5.34. The Labute approximate surface area is 82.7 Å². The number of non-ortho nitro benzene ring substituents is 1. The van der Waals surface area contributed by atoms with Crippen molar-refractivity contribution >= 4 is 5.69 Å². The van der Waals surface area contributed by atoms with Gasteiger partial charge in [-0.1, -0.05) is 12.1 Å². The number of nitro groups is 1. The van der Waals surface area contributed by atoms with Gasteiger partial charge in [0.2, 0.25) is 0 Å². The highest BCUT2D eigenvalue weighted by Gasteiger charge is 2.04. The van der Waals surface area contributed by atoms with Crippen molar-refractivity contribution in [3.63, 3.8) is 0 Å². The molecule has 0 aromatic heterocycles. The second kappa shape index (κ2) is 5.34. The molecule has 4 nitrogen and oxygen atoms in total. The van der Waals surface area contributed by atoms with E-state index < -0.39 is 0 Å². The van der Waals surface area contributed by atoms with E-state index in [0.29, 0.717) is 13.0 Å². The smallest absolute Gasteiger partial charge is 0.269 e. The Hall–Kier alpha value is -1.42. The van der Waals surface area contributed by atoms with Crippen molar-refractivity contribution in [1.82, 2.24) is 0 Å². The molecule has 0 saturated carbocycles. The lowest BCUT2D eigenvalue weighted by molar-refractivity contribution is -0.384. The van der Waals surface area contributed by atoms with Crippen molar-refractivity contribution in [2.45, 2.75) is 6.42 Å². The average Bonchev–Trinajstić information content (AvgIpc) is 2.19. The maximum absolute atomic E-state index is 10.5. The maximum atomic E-state index is 10.5. The van der Waals surface area contributed by atoms with Crippen molar-refractivity contribution in [3.05, 3.63) is 46.4 Å². The van der Waals surface area contributed by atoms with Crippen LogP contribution in [0.15, 0.2) is 24.3 Å². The normalized spacial score (nSPS) is 10.1. The van der Waals surface area contributed by atoms with E-state index in [1.165, 1.54) is 6.07 Å². The SMILES string of the molecule is COC[CH]Cc1cccc([N+](=O)[O-])c1. The van der Waals surface area contributed by atoms with Crippen molar-refractivity contribution in [2.75, 3.05) is 13.7 Å². The summed E-state index contributed by atoms with van der Waals surface area (Å²) >= 11 is 0. The first-order valence-corrected chi connectivity index (χ1v) is 4.28. The van der Waals surface area contributed by atoms with Crippen LogP contribution in [0.3, 0.4) is 0 Å². The minimum Gasteiger partial charge on any atom is -0.384 e. The average molecular weight is 194 g/mol. The molecular formula is C10H12NO3. The van der Waals surface area contributed by atoms with Gasteiger partial charge in [-0.15, -0.1) is 0 Å². The molecule has 1 rings (SSSR count). The minimum absolute atomic E-state index is 0.133. The number of hydrogen-bond acceptors (Lipinski definition) is 3. The fraction of sp³-hybridized carbons (Fsp3) is 0.300. The first-order valence-electron chi connectivity index (χ1n) is 4.28. The fourth-order valence-corrected chi connectivity index (χ4v) is 1.14. The molecule has 1 aromatic rings. The standard InChI is InChI=1S/C10H12NO3/c1-14-7-3-5-9-4-2-6-10(8-9)11(12)13/h2-4,6,8H,5,7H2,1H3. The van der Waals surface area contributed by atoms with Crippen LogP contribution in [0, 0.1) is 16.5 Å². The van der Waals surface area contributed by atoms with Gasteiger partial charge in [0.1, 0.15) is 0 Å². The van der Waals surface area contributed by atoms with Crippen LogP contribution in [0.4, 0.5) is 5.69 Å². The molecule has 0 aliphatic rings. The zero-order valence-electron chi connectivity index (χ0n) is 7.97. The third-order valence-electron chi connectivity index (χ3n) is 1.79. The maximum Gasteiger partial charge on any atom is 0.269 e. The zero-order chi connectivity index (χ0) is 10.4. The van der Waals surface area contributed by atoms with Crippen LogP contribution in [-0.4, -0.2) is 18.6 Å². The second-order valence-electron chi connectivity index (χ2n) is 2.88. The Morgan fingerprint density at radius 2 is 2.36 bits per heavy atom. The first kappa shape index (κ1) is 10.7. The summed E-state index contributed by atoms with van der Waals surface area (Å²) in [5, 5.41) is 10.5. The summed E-state index contributed by atoms with van der Waals surface area (Å²) in [6.45, 7) is 0.558. The number of methoxy groups -OCH3 is 1. The van der Waals surface area contributed by atoms with E-state index in [2.05, 4.69) is 0 Å². The van der Waals surface area contributed by atoms with Crippen molar-refractivity contribution in [1.29, 1.82) is 0 Å². The van der Waals surface area contributed by atoms with E-state index in [-0.39, 0.29) is 10.6 Å². The van der Waals surface area contributed by atoms with Crippen LogP contribution in [0.25, 0.3) is 0 Å². The van der Waals surface area contributed by atoms with Crippen LogP contribution >= 0.6 is 0 Å². The Balaban J connectivity index is 2.59. The lowest BCUT2D eigenvalue weighted by Crippen LogP contribution is -1.95. The van der Waals surface area contributed by atoms with Crippen molar-refractivity contribution in [2.24, 2.45) is 0 Å². The van der Waals surface area contributed by atoms with Gasteiger partial charge in [-0.25, -0.2) is 0 Å². The van der Waals surface area contributed by atoms with E-state index in [4.69, 9.17) is 4.74 Å². The summed E-state index contributed by atoms with van der Waals surface area (Å²) in [5.74, 6) is 0. The van der Waals surface area contributed by atoms with Crippen LogP contribution in [0.1, 0.15) is 5.56 Å². The molecule has 0 aliphatic carbocycles. The Morgan fingerprint density at radius 3 is 3.00 bits per heavy atom. The van der Waals surface area contributed by atoms with E-state index in [1.807, 2.05) is 12.5 Å². The van der Waals surface area contributed by atoms with E-state index >= 15 is 0 Å². The summed E-state index contributed by atoms with van der Waals surface area (Å²) in [6.07, 6.45) is 2.62. The number of benzene rings is 1. The number of nitrogens with zero attached hydrogens (tertiary/aromatic N) is 1. The molecule has 0 saturated heterocycles. The van der Waals surface area contributed by atoms with Gasteiger partial charge in [0.25, 0.3) is 5.69 Å². The summed E-state index contributed by atoms with van der Waals surface area (Å²) in [7, 11) is 1.62. The molecule has 0 atom stereocenters. The fourth-order valence-electron chi connectivity index (χ4n) is 1.14. The Kier molecular flexibility index (Phi) is 4.07. The zero-order valence-corrected chi connectivity index (χ0v) is 7.97. The molecule has 4 heteroatoms. The van der Waals surface area contributed by atoms with E-state index in [9.17, 15) is 10.1 Å². The molecule has 0 spiro atoms. The van der Waals surface area contributed by atoms with Crippen LogP contribution < -0.4 is 0 Å². The molecule has 0 fully saturated rings. The van der Waals surface area contributed by atoms with Gasteiger partial charge in [0.05, 0.1) is 4.92 Å². The van der Waals surface area contributed by atoms with Crippen LogP contribution in [0.5, 0.6) is 0 Å². The molecule has 0 heterocycles. The largest absolute Gasteiger partial charge is 0.384 e. The summed E-state index contributed by atoms with van der Waals surface area (Å²) < 4.78 is 4.85. The lowest BCUT2D eigenvalue weighted by atomic mass is 10.1. The number of nitro benzene ring substituents is 1. The molecule has 0 amide bonds. The second-order valence-corrected chi connectivity index (χ2v) is 2.88. The molecule has 1 radical (unpaired) electrons. The topological polar surface area (TPSA) is 52.4 Å². The van der Waals surface area contributed by atoms with Crippen LogP contribution in [-0.2, 0) is 11.2 Å². The van der Waals surface area contributed by atoms with Gasteiger partial charge < -0.3 is 4.74 Å². The van der Waals surface area contributed by atoms with Gasteiger partial charge in [0.15, 0.2) is 0 Å². The quantitative estimate of drug-likeness (QED) is 0.409. The van der Waals surface area contributed by atoms with Gasteiger partial charge in [-0.2, -0.15) is 0 Å². The Morgan fingerprint density at radius 1 is 1.57 bits per heavy atom. The molecule has 0 aliphatic heterocycles. The summed E-state index contributed by atoms with van der Waals surface area (Å²) in [4.78, 5) is 10.1. The molecule has 75 valence electrons. The number of ether oxygens (including phenoxy) is 1. The number of hydrogen-bond donors (Lipinski definition) is 0. The molecule has 0 bridgehead atoms. The van der Waals surface area contributed by atoms with Crippen LogP contribution in [0.2, 0.25) is 0 Å². The van der Waals surface area contributed by atoms with Gasteiger partial charge in [-0.3, -0.25) is 10.1 Å². The Bertz CT molecular complexity index is 312. The molecule has 0 N–H and O–H groups in total. The number of rotatable bonds is 5. The molecule has 0 unspecified atom stereocenters. The van der Waals surface area contributed by atoms with Crippen molar-refractivity contribution in [3.8, 4) is 0 Å². The monoisotopic (exact) mass is 194 g/mol. The van der Waals surface area contributed by atoms with Gasteiger partial charge in [-0.05, 0) is 18.4 Å². The van der Waals surface area contributed by atoms with E-state index in [0.717, 1.165) is 5.56 Å². The summed E-state index contributed by atoms with van der Waals surface area (Å²) in [5.41, 5.74) is 1.06. The first-order chi connectivity index (χ1) is 6.74. The van der Waals surface area contributed by atoms with Gasteiger partial charge in [0, 0.05) is 25.8 Å². The third-order valence-corrected chi connectivity index (χ3v) is 1.79. The van der Waals surface area contributed by atoms with Gasteiger partial charge >= 0.3 is 0 Å². The molecule has 14 heavy (non-hydrogen) atoms. The lowest BCUT2D eigenvalue weighted by Gasteiger charge is -1.99. The third kappa shape index (κ3) is 3.14. The summed E-state index contributed by atoms with van der Waals surface area (Å²) in [6, 6.07) is 6.61. The predicted octanol–water partition coefficient (Wildman–Crippen LogP) is 1.99. The van der Waals surface area contributed by atoms with E-state index in [1.54, 1.807) is 19.2 Å². The highest BCUT2D eigenvalue weighted by Crippen LogP contribution is 2.13. The molecular weight excluding hydrogens is 182 g/mol. The molecule has 1 aromatic carbocycles.